The third kappa shape index (κ3) is 2.78. The lowest BCUT2D eigenvalue weighted by Crippen LogP contribution is -2.54. The molecule has 3 N–H and O–H groups in total. The number of methoxy groups -OCH3 is 1. The summed E-state index contributed by atoms with van der Waals surface area (Å²) in [4.78, 5) is 42.6. The third-order valence-electron chi connectivity index (χ3n) is 6.69. The highest BCUT2D eigenvalue weighted by atomic mass is 16.5. The number of amides is 1. The average molecular weight is 444 g/mol. The van der Waals surface area contributed by atoms with Gasteiger partial charge in [0.15, 0.2) is 5.78 Å². The molecule has 3 aliphatic rings. The summed E-state index contributed by atoms with van der Waals surface area (Å²) in [5, 5.41) is 2.88. The molecule has 2 aromatic carbocycles. The molecule has 1 unspecified atom stereocenters. The summed E-state index contributed by atoms with van der Waals surface area (Å²) < 4.78 is 5.13. The van der Waals surface area contributed by atoms with Crippen molar-refractivity contribution in [2.75, 3.05) is 17.3 Å². The Morgan fingerprint density at radius 3 is 2.39 bits per heavy atom. The van der Waals surface area contributed by atoms with Crippen LogP contribution in [-0.2, 0) is 24.5 Å². The van der Waals surface area contributed by atoms with Crippen LogP contribution in [-0.4, -0.2) is 24.8 Å². The van der Waals surface area contributed by atoms with Crippen molar-refractivity contribution >= 4 is 29.0 Å². The van der Waals surface area contributed by atoms with Crippen molar-refractivity contribution in [2.24, 2.45) is 11.1 Å². The number of carbonyl (C=O) groups is 3. The molecule has 0 radical (unpaired) electrons. The van der Waals surface area contributed by atoms with Gasteiger partial charge < -0.3 is 15.8 Å². The Kier molecular flexibility index (Phi) is 4.50. The highest BCUT2D eigenvalue weighted by Crippen LogP contribution is 2.57. The quantitative estimate of drug-likeness (QED) is 0.690. The molecule has 1 spiro atoms. The van der Waals surface area contributed by atoms with Gasteiger partial charge in [-0.3, -0.25) is 14.5 Å². The minimum Gasteiger partial charge on any atom is -0.466 e. The minimum absolute atomic E-state index is 0.0388. The zero-order valence-corrected chi connectivity index (χ0v) is 18.8. The highest BCUT2D eigenvalue weighted by Gasteiger charge is 2.62. The normalized spacial score (nSPS) is 23.4. The summed E-state index contributed by atoms with van der Waals surface area (Å²) >= 11 is 0. The maximum absolute atomic E-state index is 13.8. The van der Waals surface area contributed by atoms with Crippen LogP contribution < -0.4 is 16.0 Å². The summed E-state index contributed by atoms with van der Waals surface area (Å²) in [6.07, 6.45) is 0.759. The number of benzene rings is 2. The summed E-state index contributed by atoms with van der Waals surface area (Å²) in [6.45, 7) is 4.03. The van der Waals surface area contributed by atoms with E-state index in [1.807, 2.05) is 44.2 Å². The number of hydrogen-bond acceptors (Lipinski definition) is 6. The van der Waals surface area contributed by atoms with Crippen molar-refractivity contribution in [3.05, 3.63) is 82.8 Å². The van der Waals surface area contributed by atoms with Gasteiger partial charge in [0.25, 0.3) is 0 Å². The molecule has 5 rings (SSSR count). The second-order valence-corrected chi connectivity index (χ2v) is 9.44. The van der Waals surface area contributed by atoms with Crippen LogP contribution >= 0.6 is 0 Å². The Labute approximate surface area is 191 Å². The van der Waals surface area contributed by atoms with Crippen LogP contribution in [0.2, 0.25) is 0 Å². The zero-order valence-electron chi connectivity index (χ0n) is 18.8. The Morgan fingerprint density at radius 1 is 1.03 bits per heavy atom. The van der Waals surface area contributed by atoms with Crippen LogP contribution in [0.4, 0.5) is 11.4 Å². The van der Waals surface area contributed by atoms with Crippen LogP contribution in [0.5, 0.6) is 0 Å². The van der Waals surface area contributed by atoms with E-state index >= 15 is 0 Å². The van der Waals surface area contributed by atoms with Gasteiger partial charge in [-0.1, -0.05) is 50.2 Å². The lowest BCUT2D eigenvalue weighted by molar-refractivity contribution is -0.138. The number of para-hydroxylation sites is 2. The number of nitrogens with two attached hydrogens (primary N) is 1. The number of allylic oxidation sites excluding steroid dienone is 1. The number of rotatable bonds is 2. The number of ketones is 1. The summed E-state index contributed by atoms with van der Waals surface area (Å²) in [7, 11) is 1.25. The van der Waals surface area contributed by atoms with E-state index in [2.05, 4.69) is 5.32 Å². The summed E-state index contributed by atoms with van der Waals surface area (Å²) in [6, 6.07) is 16.4. The van der Waals surface area contributed by atoms with E-state index < -0.39 is 17.3 Å². The van der Waals surface area contributed by atoms with Gasteiger partial charge in [-0.15, -0.1) is 0 Å². The van der Waals surface area contributed by atoms with Crippen molar-refractivity contribution < 1.29 is 19.1 Å². The molecule has 2 aromatic rings. The number of nitrogens with zero attached hydrogens (tertiary/aromatic N) is 1. The van der Waals surface area contributed by atoms with Crippen molar-refractivity contribution in [3.8, 4) is 0 Å². The minimum atomic E-state index is -1.66. The second-order valence-electron chi connectivity index (χ2n) is 9.44. The first kappa shape index (κ1) is 21.0. The van der Waals surface area contributed by atoms with Gasteiger partial charge in [-0.25, -0.2) is 4.79 Å². The van der Waals surface area contributed by atoms with Crippen molar-refractivity contribution in [3.63, 3.8) is 0 Å². The average Bonchev–Trinajstić information content (AvgIpc) is 3.05. The number of fused-ring (bicyclic) bond motifs is 3. The zero-order chi connectivity index (χ0) is 23.5. The number of anilines is 2. The van der Waals surface area contributed by atoms with E-state index in [4.69, 9.17) is 10.5 Å². The smallest absolute Gasteiger partial charge is 0.339 e. The topological polar surface area (TPSA) is 102 Å². The molecule has 0 bridgehead atoms. The molecular formula is C26H25N3O4. The lowest BCUT2D eigenvalue weighted by Gasteiger charge is -2.47. The SMILES string of the molecule is COC(=O)C1=C(N)N(c2ccccc2)C2=C(C(=O)CC(C)(C)C2)C12C(=O)Nc1ccccc12. The molecule has 7 heteroatoms. The van der Waals surface area contributed by atoms with Gasteiger partial charge in [0, 0.05) is 34.6 Å². The van der Waals surface area contributed by atoms with Crippen molar-refractivity contribution in [2.45, 2.75) is 32.1 Å². The number of esters is 1. The Bertz CT molecular complexity index is 1280. The Hall–Kier alpha value is -3.87. The van der Waals surface area contributed by atoms with E-state index in [-0.39, 0.29) is 29.0 Å². The number of hydrogen-bond donors (Lipinski definition) is 2. The van der Waals surface area contributed by atoms with Gasteiger partial charge in [-0.2, -0.15) is 0 Å². The van der Waals surface area contributed by atoms with Gasteiger partial charge in [-0.05, 0) is 30.0 Å². The Morgan fingerprint density at radius 2 is 1.70 bits per heavy atom. The number of nitrogens with one attached hydrogen (secondary N) is 1. The molecule has 1 atom stereocenters. The molecule has 168 valence electrons. The van der Waals surface area contributed by atoms with Crippen LogP contribution in [0.15, 0.2) is 77.3 Å². The van der Waals surface area contributed by atoms with Crippen LogP contribution in [0.25, 0.3) is 0 Å². The molecule has 0 saturated carbocycles. The van der Waals surface area contributed by atoms with E-state index in [1.54, 1.807) is 29.2 Å². The lowest BCUT2D eigenvalue weighted by atomic mass is 9.60. The summed E-state index contributed by atoms with van der Waals surface area (Å²) in [5.74, 6) is -1.31. The van der Waals surface area contributed by atoms with Gasteiger partial charge in [0.2, 0.25) is 5.91 Å². The maximum Gasteiger partial charge on any atom is 0.339 e. The van der Waals surface area contributed by atoms with Gasteiger partial charge in [0.05, 0.1) is 7.11 Å². The highest BCUT2D eigenvalue weighted by molar-refractivity contribution is 6.23. The molecule has 0 aromatic heterocycles. The second kappa shape index (κ2) is 7.07. The Balaban J connectivity index is 1.93. The van der Waals surface area contributed by atoms with Crippen LogP contribution in [0.3, 0.4) is 0 Å². The maximum atomic E-state index is 13.8. The number of Topliss-reactive ketones (excluding diaryl/α,β-unsaturated/α-hetero) is 1. The standard InChI is InChI=1S/C26H25N3O4/c1-25(2)13-18-20(19(30)14-25)26(16-11-7-8-12-17(16)28-24(26)32)21(23(31)33-3)22(27)29(18)15-9-5-4-6-10-15/h4-12H,13-14,27H2,1-3H3,(H,28,32). The summed E-state index contributed by atoms with van der Waals surface area (Å²) in [5.41, 5.74) is 7.40. The van der Waals surface area contributed by atoms with E-state index in [0.717, 1.165) is 0 Å². The molecular weight excluding hydrogens is 418 g/mol. The number of carbonyl (C=O) groups excluding carboxylic acids is 3. The van der Waals surface area contributed by atoms with Crippen LogP contribution in [0, 0.1) is 5.41 Å². The van der Waals surface area contributed by atoms with Crippen LogP contribution in [0.1, 0.15) is 32.3 Å². The van der Waals surface area contributed by atoms with E-state index in [0.29, 0.717) is 34.6 Å². The first-order chi connectivity index (χ1) is 15.7. The van der Waals surface area contributed by atoms with E-state index in [1.165, 1.54) is 7.11 Å². The largest absolute Gasteiger partial charge is 0.466 e. The first-order valence-electron chi connectivity index (χ1n) is 10.8. The first-order valence-corrected chi connectivity index (χ1v) is 10.8. The van der Waals surface area contributed by atoms with Crippen molar-refractivity contribution in [1.82, 2.24) is 0 Å². The molecule has 0 fully saturated rings. The van der Waals surface area contributed by atoms with Crippen molar-refractivity contribution in [1.29, 1.82) is 0 Å². The predicted octanol–water partition coefficient (Wildman–Crippen LogP) is 3.38. The monoisotopic (exact) mass is 443 g/mol. The molecule has 7 nitrogen and oxygen atoms in total. The third-order valence-corrected chi connectivity index (χ3v) is 6.69. The van der Waals surface area contributed by atoms with Gasteiger partial charge >= 0.3 is 5.97 Å². The molecule has 33 heavy (non-hydrogen) atoms. The predicted molar refractivity (Wildman–Crippen MR) is 124 cm³/mol. The fourth-order valence-corrected chi connectivity index (χ4v) is 5.46. The molecule has 2 aliphatic heterocycles. The molecule has 0 saturated heterocycles. The molecule has 1 amide bonds. The fourth-order valence-electron chi connectivity index (χ4n) is 5.46. The van der Waals surface area contributed by atoms with Gasteiger partial charge in [0.1, 0.15) is 16.8 Å². The fraction of sp³-hybridized carbons (Fsp3) is 0.269. The number of ether oxygens (including phenoxy) is 1. The molecule has 2 heterocycles. The molecule has 1 aliphatic carbocycles. The van der Waals surface area contributed by atoms with E-state index in [9.17, 15) is 14.4 Å².